The average Bonchev–Trinajstić information content (AvgIpc) is 2.78. The van der Waals surface area contributed by atoms with Crippen LogP contribution in [0, 0.1) is 6.92 Å². The van der Waals surface area contributed by atoms with E-state index in [9.17, 15) is 0 Å². The molecule has 1 heterocycles. The van der Waals surface area contributed by atoms with Gasteiger partial charge in [-0.15, -0.1) is 0 Å². The molecule has 2 rings (SSSR count). The SMILES string of the molecule is Cc1nc2c(n1CCCCCCCCCS)CCCC2. The van der Waals surface area contributed by atoms with Crippen molar-refractivity contribution in [1.82, 2.24) is 9.55 Å². The molecular weight excluding hydrogens is 264 g/mol. The van der Waals surface area contributed by atoms with Crippen molar-refractivity contribution in [1.29, 1.82) is 0 Å². The van der Waals surface area contributed by atoms with Crippen molar-refractivity contribution in [2.75, 3.05) is 5.75 Å². The number of hydrogen-bond acceptors (Lipinski definition) is 2. The summed E-state index contributed by atoms with van der Waals surface area (Å²) in [6.45, 7) is 3.36. The highest BCUT2D eigenvalue weighted by Crippen LogP contribution is 2.22. The molecule has 0 saturated heterocycles. The Hall–Kier alpha value is -0.440. The lowest BCUT2D eigenvalue weighted by Crippen LogP contribution is -2.09. The summed E-state index contributed by atoms with van der Waals surface area (Å²) in [5, 5.41) is 0. The number of nitrogens with zero attached hydrogens (tertiary/aromatic N) is 2. The van der Waals surface area contributed by atoms with Crippen LogP contribution in [0.25, 0.3) is 0 Å². The van der Waals surface area contributed by atoms with Crippen LogP contribution in [0.3, 0.4) is 0 Å². The van der Waals surface area contributed by atoms with Crippen LogP contribution in [-0.4, -0.2) is 15.3 Å². The molecule has 1 aromatic rings. The van der Waals surface area contributed by atoms with Crippen LogP contribution >= 0.6 is 12.6 Å². The van der Waals surface area contributed by atoms with Gasteiger partial charge in [0.25, 0.3) is 0 Å². The van der Waals surface area contributed by atoms with Gasteiger partial charge in [-0.25, -0.2) is 4.98 Å². The highest BCUT2D eigenvalue weighted by Gasteiger charge is 2.17. The zero-order valence-electron chi connectivity index (χ0n) is 13.0. The maximum absolute atomic E-state index is 4.76. The maximum atomic E-state index is 4.76. The molecule has 20 heavy (non-hydrogen) atoms. The molecule has 1 aromatic heterocycles. The summed E-state index contributed by atoms with van der Waals surface area (Å²) in [5.74, 6) is 2.29. The summed E-state index contributed by atoms with van der Waals surface area (Å²) in [7, 11) is 0. The van der Waals surface area contributed by atoms with Gasteiger partial charge in [0.05, 0.1) is 5.69 Å². The van der Waals surface area contributed by atoms with Gasteiger partial charge in [-0.3, -0.25) is 0 Å². The lowest BCUT2D eigenvalue weighted by molar-refractivity contribution is 0.527. The van der Waals surface area contributed by atoms with Crippen LogP contribution in [-0.2, 0) is 19.4 Å². The van der Waals surface area contributed by atoms with E-state index in [0.29, 0.717) is 0 Å². The second-order valence-corrected chi connectivity index (χ2v) is 6.56. The van der Waals surface area contributed by atoms with E-state index in [1.165, 1.54) is 88.7 Å². The molecule has 0 bridgehead atoms. The largest absolute Gasteiger partial charge is 0.332 e. The van der Waals surface area contributed by atoms with Gasteiger partial charge in [-0.2, -0.15) is 12.6 Å². The topological polar surface area (TPSA) is 17.8 Å². The minimum Gasteiger partial charge on any atom is -0.332 e. The Morgan fingerprint density at radius 1 is 0.950 bits per heavy atom. The molecule has 3 heteroatoms. The van der Waals surface area contributed by atoms with Gasteiger partial charge in [-0.1, -0.05) is 32.1 Å². The molecular formula is C17H30N2S. The van der Waals surface area contributed by atoms with Crippen molar-refractivity contribution in [3.63, 3.8) is 0 Å². The first-order valence-electron chi connectivity index (χ1n) is 8.48. The van der Waals surface area contributed by atoms with Gasteiger partial charge in [0.1, 0.15) is 5.82 Å². The van der Waals surface area contributed by atoms with E-state index < -0.39 is 0 Å². The number of imidazole rings is 1. The van der Waals surface area contributed by atoms with Crippen LogP contribution in [0.2, 0.25) is 0 Å². The predicted octanol–water partition coefficient (Wildman–Crippen LogP) is 4.73. The lowest BCUT2D eigenvalue weighted by Gasteiger charge is -2.14. The third kappa shape index (κ3) is 4.54. The Bertz CT molecular complexity index is 398. The molecule has 0 saturated carbocycles. The average molecular weight is 295 g/mol. The van der Waals surface area contributed by atoms with E-state index >= 15 is 0 Å². The zero-order chi connectivity index (χ0) is 14.2. The number of thiol groups is 1. The van der Waals surface area contributed by atoms with E-state index in [1.54, 1.807) is 5.69 Å². The Kier molecular flexibility index (Phi) is 6.98. The Balaban J connectivity index is 1.66. The monoisotopic (exact) mass is 294 g/mol. The van der Waals surface area contributed by atoms with E-state index in [-0.39, 0.29) is 0 Å². The van der Waals surface area contributed by atoms with Gasteiger partial charge >= 0.3 is 0 Å². The molecule has 1 aliphatic rings. The third-order valence-electron chi connectivity index (χ3n) is 4.46. The first-order valence-corrected chi connectivity index (χ1v) is 9.12. The van der Waals surface area contributed by atoms with Crippen LogP contribution in [0.4, 0.5) is 0 Å². The summed E-state index contributed by atoms with van der Waals surface area (Å²) in [5.41, 5.74) is 2.93. The minimum atomic E-state index is 1.05. The van der Waals surface area contributed by atoms with Crippen molar-refractivity contribution in [3.05, 3.63) is 17.2 Å². The third-order valence-corrected chi connectivity index (χ3v) is 4.78. The molecule has 0 unspecified atom stereocenters. The van der Waals surface area contributed by atoms with Gasteiger partial charge in [0, 0.05) is 12.2 Å². The summed E-state index contributed by atoms with van der Waals surface area (Å²) in [4.78, 5) is 4.76. The molecule has 2 nitrogen and oxygen atoms in total. The van der Waals surface area contributed by atoms with Gasteiger partial charge in [0.15, 0.2) is 0 Å². The van der Waals surface area contributed by atoms with Gasteiger partial charge in [-0.05, 0) is 51.2 Å². The number of aryl methyl sites for hydroxylation is 2. The Morgan fingerprint density at radius 3 is 2.35 bits per heavy atom. The van der Waals surface area contributed by atoms with Gasteiger partial charge in [0.2, 0.25) is 0 Å². The normalized spacial score (nSPS) is 14.5. The fraction of sp³-hybridized carbons (Fsp3) is 0.824. The predicted molar refractivity (Wildman–Crippen MR) is 89.8 cm³/mol. The molecule has 0 amide bonds. The smallest absolute Gasteiger partial charge is 0.106 e. The Morgan fingerprint density at radius 2 is 1.60 bits per heavy atom. The molecule has 0 aromatic carbocycles. The molecule has 0 fully saturated rings. The quantitative estimate of drug-likeness (QED) is 0.515. The fourth-order valence-electron chi connectivity index (χ4n) is 3.30. The fourth-order valence-corrected chi connectivity index (χ4v) is 3.52. The summed E-state index contributed by atoms with van der Waals surface area (Å²) in [6, 6.07) is 0. The summed E-state index contributed by atoms with van der Waals surface area (Å²) in [6.07, 6.45) is 14.6. The first-order chi connectivity index (χ1) is 9.83. The molecule has 0 N–H and O–H groups in total. The Labute approximate surface area is 129 Å². The minimum absolute atomic E-state index is 1.05. The zero-order valence-corrected chi connectivity index (χ0v) is 13.9. The van der Waals surface area contributed by atoms with Crippen LogP contribution in [0.15, 0.2) is 0 Å². The maximum Gasteiger partial charge on any atom is 0.106 e. The van der Waals surface area contributed by atoms with Crippen molar-refractivity contribution < 1.29 is 0 Å². The standard InChI is InChI=1S/C17H30N2S/c1-15-18-16-11-7-8-12-17(16)19(15)13-9-5-3-2-4-6-10-14-20/h20H,2-14H2,1H3. The number of fused-ring (bicyclic) bond motifs is 1. The van der Waals surface area contributed by atoms with Crippen LogP contribution in [0.5, 0.6) is 0 Å². The number of hydrogen-bond donors (Lipinski definition) is 1. The van der Waals surface area contributed by atoms with Crippen molar-refractivity contribution >= 4 is 12.6 Å². The van der Waals surface area contributed by atoms with Gasteiger partial charge < -0.3 is 4.57 Å². The molecule has 0 atom stereocenters. The summed E-state index contributed by atoms with van der Waals surface area (Å²) < 4.78 is 2.50. The first kappa shape index (κ1) is 15.9. The highest BCUT2D eigenvalue weighted by molar-refractivity contribution is 7.80. The van der Waals surface area contributed by atoms with E-state index in [4.69, 9.17) is 4.98 Å². The molecule has 0 radical (unpaired) electrons. The highest BCUT2D eigenvalue weighted by atomic mass is 32.1. The number of unbranched alkanes of at least 4 members (excludes halogenated alkanes) is 6. The van der Waals surface area contributed by atoms with E-state index in [2.05, 4.69) is 24.1 Å². The van der Waals surface area contributed by atoms with Crippen LogP contribution in [0.1, 0.15) is 75.0 Å². The number of aromatic nitrogens is 2. The van der Waals surface area contributed by atoms with Crippen molar-refractivity contribution in [3.8, 4) is 0 Å². The lowest BCUT2D eigenvalue weighted by atomic mass is 10.0. The second kappa shape index (κ2) is 8.76. The van der Waals surface area contributed by atoms with E-state index in [1.807, 2.05) is 0 Å². The second-order valence-electron chi connectivity index (χ2n) is 6.11. The molecule has 114 valence electrons. The van der Waals surface area contributed by atoms with Crippen molar-refractivity contribution in [2.24, 2.45) is 0 Å². The van der Waals surface area contributed by atoms with E-state index in [0.717, 1.165) is 5.75 Å². The summed E-state index contributed by atoms with van der Waals surface area (Å²) >= 11 is 4.25. The molecule has 1 aliphatic carbocycles. The number of rotatable bonds is 9. The molecule has 0 aliphatic heterocycles. The van der Waals surface area contributed by atoms with Crippen molar-refractivity contribution in [2.45, 2.75) is 84.1 Å². The van der Waals surface area contributed by atoms with Crippen LogP contribution < -0.4 is 0 Å². The molecule has 0 spiro atoms.